The maximum Gasteiger partial charge on any atom is 0.0221 e. The summed E-state index contributed by atoms with van der Waals surface area (Å²) in [6, 6.07) is 1.54. The normalized spacial score (nSPS) is 29.2. The predicted molar refractivity (Wildman–Crippen MR) is 69.7 cm³/mol. The minimum atomic E-state index is 0.726. The second-order valence-electron chi connectivity index (χ2n) is 5.77. The molecule has 2 fully saturated rings. The van der Waals surface area contributed by atoms with Crippen LogP contribution >= 0.6 is 0 Å². The van der Waals surface area contributed by atoms with E-state index in [0.717, 1.165) is 18.0 Å². The Bertz CT molecular complexity index is 201. The molecule has 0 aromatic rings. The Kier molecular flexibility index (Phi) is 4.66. The standard InChI is InChI=1S/C14H28N2/c1-3-16-9-5-8-14(16)11-15-12(2)10-13-6-4-7-13/h12-15H,3-11H2,1-2H3. The van der Waals surface area contributed by atoms with Gasteiger partial charge in [0, 0.05) is 18.6 Å². The molecule has 1 N–H and O–H groups in total. The van der Waals surface area contributed by atoms with Crippen molar-refractivity contribution in [3.8, 4) is 0 Å². The third kappa shape index (κ3) is 3.21. The molecule has 0 bridgehead atoms. The van der Waals surface area contributed by atoms with Crippen LogP contribution in [0.5, 0.6) is 0 Å². The monoisotopic (exact) mass is 224 g/mol. The van der Waals surface area contributed by atoms with E-state index in [4.69, 9.17) is 0 Å². The molecule has 1 saturated heterocycles. The molecule has 2 nitrogen and oxygen atoms in total. The van der Waals surface area contributed by atoms with Crippen LogP contribution in [0.1, 0.15) is 52.4 Å². The predicted octanol–water partition coefficient (Wildman–Crippen LogP) is 2.64. The van der Waals surface area contributed by atoms with Crippen LogP contribution < -0.4 is 5.32 Å². The molecule has 2 rings (SSSR count). The van der Waals surface area contributed by atoms with Crippen LogP contribution in [0, 0.1) is 5.92 Å². The minimum Gasteiger partial charge on any atom is -0.313 e. The van der Waals surface area contributed by atoms with Crippen LogP contribution in [0.3, 0.4) is 0 Å². The Morgan fingerprint density at radius 1 is 1.25 bits per heavy atom. The SMILES string of the molecule is CCN1CCCC1CNC(C)CC1CCC1. The maximum atomic E-state index is 3.75. The number of hydrogen-bond donors (Lipinski definition) is 1. The van der Waals surface area contributed by atoms with Gasteiger partial charge in [-0.3, -0.25) is 4.90 Å². The summed E-state index contributed by atoms with van der Waals surface area (Å²) in [5, 5.41) is 3.75. The number of nitrogens with one attached hydrogen (secondary N) is 1. The van der Waals surface area contributed by atoms with Gasteiger partial charge in [0.25, 0.3) is 0 Å². The van der Waals surface area contributed by atoms with Crippen LogP contribution in [0.4, 0.5) is 0 Å². The van der Waals surface area contributed by atoms with Gasteiger partial charge in [0.15, 0.2) is 0 Å². The van der Waals surface area contributed by atoms with Gasteiger partial charge in [-0.15, -0.1) is 0 Å². The van der Waals surface area contributed by atoms with Crippen molar-refractivity contribution in [2.75, 3.05) is 19.6 Å². The zero-order valence-corrected chi connectivity index (χ0v) is 11.0. The highest BCUT2D eigenvalue weighted by atomic mass is 15.2. The van der Waals surface area contributed by atoms with E-state index in [1.165, 1.54) is 58.2 Å². The highest BCUT2D eigenvalue weighted by Crippen LogP contribution is 2.30. The van der Waals surface area contributed by atoms with Crippen molar-refractivity contribution in [2.45, 2.75) is 64.5 Å². The van der Waals surface area contributed by atoms with E-state index in [0.29, 0.717) is 0 Å². The summed E-state index contributed by atoms with van der Waals surface area (Å²) in [6.45, 7) is 8.41. The van der Waals surface area contributed by atoms with Crippen LogP contribution in [-0.4, -0.2) is 36.6 Å². The largest absolute Gasteiger partial charge is 0.313 e. The Hall–Kier alpha value is -0.0800. The van der Waals surface area contributed by atoms with E-state index in [9.17, 15) is 0 Å². The van der Waals surface area contributed by atoms with Gasteiger partial charge in [0.1, 0.15) is 0 Å². The summed E-state index contributed by atoms with van der Waals surface area (Å²) in [7, 11) is 0. The number of hydrogen-bond acceptors (Lipinski definition) is 2. The van der Waals surface area contributed by atoms with Crippen LogP contribution in [0.2, 0.25) is 0 Å². The first-order chi connectivity index (χ1) is 7.79. The molecule has 2 atom stereocenters. The summed E-state index contributed by atoms with van der Waals surface area (Å²) in [5.41, 5.74) is 0. The molecule has 0 aromatic carbocycles. The van der Waals surface area contributed by atoms with Crippen molar-refractivity contribution in [1.82, 2.24) is 10.2 Å². The van der Waals surface area contributed by atoms with Gasteiger partial charge >= 0.3 is 0 Å². The zero-order chi connectivity index (χ0) is 11.4. The average molecular weight is 224 g/mol. The van der Waals surface area contributed by atoms with Crippen LogP contribution in [0.25, 0.3) is 0 Å². The van der Waals surface area contributed by atoms with Gasteiger partial charge in [-0.1, -0.05) is 26.2 Å². The van der Waals surface area contributed by atoms with Crippen molar-refractivity contribution >= 4 is 0 Å². The fraction of sp³-hybridized carbons (Fsp3) is 1.00. The van der Waals surface area contributed by atoms with Crippen LogP contribution in [-0.2, 0) is 0 Å². The Balaban J connectivity index is 1.61. The number of likely N-dealkylation sites (N-methyl/N-ethyl adjacent to an activating group) is 1. The summed E-state index contributed by atoms with van der Waals surface area (Å²) >= 11 is 0. The highest BCUT2D eigenvalue weighted by Gasteiger charge is 2.24. The van der Waals surface area contributed by atoms with E-state index in [1.54, 1.807) is 0 Å². The number of nitrogens with zero attached hydrogens (tertiary/aromatic N) is 1. The molecule has 2 aliphatic rings. The second-order valence-corrected chi connectivity index (χ2v) is 5.77. The molecule has 0 amide bonds. The topological polar surface area (TPSA) is 15.3 Å². The molecule has 16 heavy (non-hydrogen) atoms. The molecular weight excluding hydrogens is 196 g/mol. The lowest BCUT2D eigenvalue weighted by atomic mass is 9.81. The molecule has 1 heterocycles. The number of likely N-dealkylation sites (tertiary alicyclic amines) is 1. The average Bonchev–Trinajstić information content (AvgIpc) is 2.68. The van der Waals surface area contributed by atoms with Crippen molar-refractivity contribution in [3.63, 3.8) is 0 Å². The lowest BCUT2D eigenvalue weighted by Gasteiger charge is -2.30. The van der Waals surface area contributed by atoms with E-state index < -0.39 is 0 Å². The first kappa shape index (κ1) is 12.4. The van der Waals surface area contributed by atoms with Crippen molar-refractivity contribution in [1.29, 1.82) is 0 Å². The smallest absolute Gasteiger partial charge is 0.0221 e. The molecule has 94 valence electrons. The third-order valence-electron chi connectivity index (χ3n) is 4.52. The van der Waals surface area contributed by atoms with Gasteiger partial charge in [-0.2, -0.15) is 0 Å². The lowest BCUT2D eigenvalue weighted by Crippen LogP contribution is -2.41. The molecule has 1 aliphatic carbocycles. The first-order valence-corrected chi connectivity index (χ1v) is 7.27. The Morgan fingerprint density at radius 3 is 2.69 bits per heavy atom. The van der Waals surface area contributed by atoms with E-state index in [1.807, 2.05) is 0 Å². The van der Waals surface area contributed by atoms with Crippen molar-refractivity contribution in [3.05, 3.63) is 0 Å². The summed E-state index contributed by atoms with van der Waals surface area (Å²) < 4.78 is 0. The van der Waals surface area contributed by atoms with Gasteiger partial charge in [0.2, 0.25) is 0 Å². The third-order valence-corrected chi connectivity index (χ3v) is 4.52. The van der Waals surface area contributed by atoms with Gasteiger partial charge in [0.05, 0.1) is 0 Å². The molecule has 0 radical (unpaired) electrons. The van der Waals surface area contributed by atoms with Gasteiger partial charge in [-0.25, -0.2) is 0 Å². The fourth-order valence-electron chi connectivity index (χ4n) is 3.19. The van der Waals surface area contributed by atoms with Crippen molar-refractivity contribution in [2.24, 2.45) is 5.92 Å². The second kappa shape index (κ2) is 6.02. The summed E-state index contributed by atoms with van der Waals surface area (Å²) in [4.78, 5) is 2.63. The number of rotatable bonds is 6. The minimum absolute atomic E-state index is 0.726. The Morgan fingerprint density at radius 2 is 2.06 bits per heavy atom. The molecular formula is C14H28N2. The lowest BCUT2D eigenvalue weighted by molar-refractivity contribution is 0.233. The summed E-state index contributed by atoms with van der Waals surface area (Å²) in [6.07, 6.45) is 8.64. The van der Waals surface area contributed by atoms with E-state index in [-0.39, 0.29) is 0 Å². The molecule has 0 aromatic heterocycles. The first-order valence-electron chi connectivity index (χ1n) is 7.27. The Labute approximate surface area is 101 Å². The van der Waals surface area contributed by atoms with E-state index in [2.05, 4.69) is 24.1 Å². The highest BCUT2D eigenvalue weighted by molar-refractivity contribution is 4.82. The fourth-order valence-corrected chi connectivity index (χ4v) is 3.19. The van der Waals surface area contributed by atoms with E-state index >= 15 is 0 Å². The molecule has 0 spiro atoms. The maximum absolute atomic E-state index is 3.75. The molecule has 2 heteroatoms. The quantitative estimate of drug-likeness (QED) is 0.746. The molecule has 2 unspecified atom stereocenters. The zero-order valence-electron chi connectivity index (χ0n) is 11.0. The van der Waals surface area contributed by atoms with Crippen molar-refractivity contribution < 1.29 is 0 Å². The van der Waals surface area contributed by atoms with Gasteiger partial charge in [-0.05, 0) is 45.2 Å². The molecule has 1 saturated carbocycles. The van der Waals surface area contributed by atoms with Gasteiger partial charge < -0.3 is 5.32 Å². The van der Waals surface area contributed by atoms with Crippen LogP contribution in [0.15, 0.2) is 0 Å². The molecule has 1 aliphatic heterocycles. The summed E-state index contributed by atoms with van der Waals surface area (Å²) in [5.74, 6) is 1.04.